The van der Waals surface area contributed by atoms with Crippen molar-refractivity contribution in [3.63, 3.8) is 0 Å². The number of hydrogen-bond acceptors (Lipinski definition) is 5. The van der Waals surface area contributed by atoms with Gasteiger partial charge in [-0.3, -0.25) is 0 Å². The van der Waals surface area contributed by atoms with Crippen LogP contribution in [-0.2, 0) is 0 Å². The molecule has 0 unspecified atom stereocenters. The molecule has 1 N–H and O–H groups in total. The van der Waals surface area contributed by atoms with E-state index >= 15 is 0 Å². The maximum atomic E-state index is 4.62. The lowest BCUT2D eigenvalue weighted by Gasteiger charge is -2.12. The molecule has 6 heteroatoms. The van der Waals surface area contributed by atoms with Crippen molar-refractivity contribution >= 4 is 17.3 Å². The monoisotopic (exact) mass is 298 g/mol. The Morgan fingerprint density at radius 2 is 1.68 bits per heavy atom. The SMILES string of the molecule is Cc1cc(Nc2cc(C(C)C)n3nc(C)cc3n2)nc(C)n1.[HH]. The van der Waals surface area contributed by atoms with Crippen LogP contribution in [0.15, 0.2) is 18.2 Å². The summed E-state index contributed by atoms with van der Waals surface area (Å²) < 4.78 is 1.90. The molecule has 0 aliphatic carbocycles. The summed E-state index contributed by atoms with van der Waals surface area (Å²) in [5.74, 6) is 2.62. The summed E-state index contributed by atoms with van der Waals surface area (Å²) in [6.07, 6.45) is 0. The van der Waals surface area contributed by atoms with Gasteiger partial charge in [0.2, 0.25) is 0 Å². The van der Waals surface area contributed by atoms with Crippen molar-refractivity contribution in [3.8, 4) is 0 Å². The van der Waals surface area contributed by atoms with Gasteiger partial charge in [-0.15, -0.1) is 0 Å². The van der Waals surface area contributed by atoms with Crippen LogP contribution >= 0.6 is 0 Å². The molecule has 3 rings (SSSR count). The first-order valence-electron chi connectivity index (χ1n) is 7.39. The second-order valence-electron chi connectivity index (χ2n) is 5.84. The third-order valence-corrected chi connectivity index (χ3v) is 3.39. The maximum Gasteiger partial charge on any atom is 0.157 e. The zero-order valence-corrected chi connectivity index (χ0v) is 13.5. The second-order valence-corrected chi connectivity index (χ2v) is 5.84. The van der Waals surface area contributed by atoms with E-state index in [1.54, 1.807) is 0 Å². The van der Waals surface area contributed by atoms with Gasteiger partial charge in [0.25, 0.3) is 0 Å². The molecular formula is C16H22N6. The van der Waals surface area contributed by atoms with E-state index in [1.165, 1.54) is 0 Å². The van der Waals surface area contributed by atoms with Crippen LogP contribution in [0, 0.1) is 20.8 Å². The summed E-state index contributed by atoms with van der Waals surface area (Å²) in [5, 5.41) is 7.79. The summed E-state index contributed by atoms with van der Waals surface area (Å²) in [6.45, 7) is 10.1. The molecule has 0 atom stereocenters. The summed E-state index contributed by atoms with van der Waals surface area (Å²) in [6, 6.07) is 5.92. The fourth-order valence-corrected chi connectivity index (χ4v) is 2.50. The fraction of sp³-hybridized carbons (Fsp3) is 0.375. The van der Waals surface area contributed by atoms with Crippen molar-refractivity contribution in [2.45, 2.75) is 40.5 Å². The molecule has 116 valence electrons. The van der Waals surface area contributed by atoms with E-state index in [1.807, 2.05) is 43.5 Å². The van der Waals surface area contributed by atoms with Crippen molar-refractivity contribution in [1.82, 2.24) is 24.6 Å². The third-order valence-electron chi connectivity index (χ3n) is 3.39. The van der Waals surface area contributed by atoms with Gasteiger partial charge in [0.05, 0.1) is 11.4 Å². The van der Waals surface area contributed by atoms with E-state index in [4.69, 9.17) is 0 Å². The van der Waals surface area contributed by atoms with Gasteiger partial charge in [0, 0.05) is 25.3 Å². The van der Waals surface area contributed by atoms with Gasteiger partial charge in [-0.25, -0.2) is 19.5 Å². The van der Waals surface area contributed by atoms with E-state index in [2.05, 4.69) is 39.2 Å². The highest BCUT2D eigenvalue weighted by atomic mass is 15.3. The standard InChI is InChI=1S/C16H20N6.H2/c1-9(2)13-8-15(20-16-7-11(4)21-22(13)16)19-14-6-10(3)17-12(5)18-14;/h6-9H,1-5H3,(H,17,18,19,20);1H. The number of rotatable bonds is 3. The van der Waals surface area contributed by atoms with Crippen LogP contribution in [0.2, 0.25) is 0 Å². The van der Waals surface area contributed by atoms with Crippen molar-refractivity contribution in [1.29, 1.82) is 0 Å². The van der Waals surface area contributed by atoms with Crippen LogP contribution < -0.4 is 5.32 Å². The van der Waals surface area contributed by atoms with E-state index in [0.29, 0.717) is 5.92 Å². The molecule has 0 saturated carbocycles. The van der Waals surface area contributed by atoms with Crippen LogP contribution in [0.5, 0.6) is 0 Å². The minimum absolute atomic E-state index is 0. The molecular weight excluding hydrogens is 276 g/mol. The lowest BCUT2D eigenvalue weighted by molar-refractivity contribution is 0.745. The molecule has 6 nitrogen and oxygen atoms in total. The zero-order chi connectivity index (χ0) is 15.9. The highest BCUT2D eigenvalue weighted by molar-refractivity contribution is 5.57. The minimum atomic E-state index is 0. The first-order chi connectivity index (χ1) is 10.4. The Hall–Kier alpha value is -2.50. The van der Waals surface area contributed by atoms with E-state index in [0.717, 1.165) is 40.2 Å². The molecule has 0 spiro atoms. The van der Waals surface area contributed by atoms with Crippen LogP contribution in [0.4, 0.5) is 11.6 Å². The predicted octanol–water partition coefficient (Wildman–Crippen LogP) is 3.56. The zero-order valence-electron chi connectivity index (χ0n) is 13.5. The highest BCUT2D eigenvalue weighted by Gasteiger charge is 2.11. The lowest BCUT2D eigenvalue weighted by Crippen LogP contribution is -2.06. The van der Waals surface area contributed by atoms with Gasteiger partial charge < -0.3 is 5.32 Å². The number of aromatic nitrogens is 5. The van der Waals surface area contributed by atoms with Gasteiger partial charge in [0.1, 0.15) is 17.5 Å². The third kappa shape index (κ3) is 2.77. The van der Waals surface area contributed by atoms with Crippen LogP contribution in [-0.4, -0.2) is 24.6 Å². The second kappa shape index (κ2) is 5.36. The van der Waals surface area contributed by atoms with Gasteiger partial charge in [-0.1, -0.05) is 13.8 Å². The van der Waals surface area contributed by atoms with Crippen LogP contribution in [0.25, 0.3) is 5.65 Å². The van der Waals surface area contributed by atoms with Crippen molar-refractivity contribution in [3.05, 3.63) is 41.1 Å². The van der Waals surface area contributed by atoms with Crippen molar-refractivity contribution in [2.24, 2.45) is 0 Å². The van der Waals surface area contributed by atoms with Gasteiger partial charge >= 0.3 is 0 Å². The molecule has 0 aliphatic rings. The molecule has 0 saturated heterocycles. The quantitative estimate of drug-likeness (QED) is 0.800. The van der Waals surface area contributed by atoms with Gasteiger partial charge in [0.15, 0.2) is 5.65 Å². The molecule has 0 aliphatic heterocycles. The normalized spacial score (nSPS) is 11.4. The number of nitrogens with one attached hydrogen (secondary N) is 1. The average Bonchev–Trinajstić information content (AvgIpc) is 2.76. The predicted molar refractivity (Wildman–Crippen MR) is 88.7 cm³/mol. The number of nitrogens with zero attached hydrogens (tertiary/aromatic N) is 5. The number of fused-ring (bicyclic) bond motifs is 1. The lowest BCUT2D eigenvalue weighted by atomic mass is 10.1. The molecule has 0 aromatic carbocycles. The maximum absolute atomic E-state index is 4.62. The molecule has 0 radical (unpaired) electrons. The average molecular weight is 298 g/mol. The van der Waals surface area contributed by atoms with Crippen molar-refractivity contribution in [2.75, 3.05) is 5.32 Å². The van der Waals surface area contributed by atoms with E-state index in [-0.39, 0.29) is 1.43 Å². The minimum Gasteiger partial charge on any atom is -0.325 e. The number of hydrogen-bond donors (Lipinski definition) is 1. The summed E-state index contributed by atoms with van der Waals surface area (Å²) in [4.78, 5) is 13.3. The Labute approximate surface area is 131 Å². The summed E-state index contributed by atoms with van der Waals surface area (Å²) >= 11 is 0. The van der Waals surface area contributed by atoms with Crippen LogP contribution in [0.1, 0.15) is 44.1 Å². The molecule has 0 fully saturated rings. The number of anilines is 2. The molecule has 3 heterocycles. The first kappa shape index (κ1) is 14.4. The van der Waals surface area contributed by atoms with Gasteiger partial charge in [-0.05, 0) is 26.7 Å². The molecule has 22 heavy (non-hydrogen) atoms. The summed E-state index contributed by atoms with van der Waals surface area (Å²) in [5.41, 5.74) is 3.84. The largest absolute Gasteiger partial charge is 0.325 e. The summed E-state index contributed by atoms with van der Waals surface area (Å²) in [7, 11) is 0. The topological polar surface area (TPSA) is 68.0 Å². The Balaban J connectivity index is 0.00000192. The Morgan fingerprint density at radius 3 is 2.36 bits per heavy atom. The molecule has 3 aromatic rings. The Bertz CT molecular complexity index is 820. The van der Waals surface area contributed by atoms with E-state index < -0.39 is 0 Å². The Morgan fingerprint density at radius 1 is 0.955 bits per heavy atom. The van der Waals surface area contributed by atoms with Gasteiger partial charge in [-0.2, -0.15) is 5.10 Å². The van der Waals surface area contributed by atoms with Crippen molar-refractivity contribution < 1.29 is 1.43 Å². The van der Waals surface area contributed by atoms with E-state index in [9.17, 15) is 0 Å². The number of aryl methyl sites for hydroxylation is 3. The first-order valence-corrected chi connectivity index (χ1v) is 7.39. The molecule has 0 bridgehead atoms. The van der Waals surface area contributed by atoms with Crippen LogP contribution in [0.3, 0.4) is 0 Å². The molecule has 3 aromatic heterocycles. The Kier molecular flexibility index (Phi) is 3.52. The molecule has 0 amide bonds. The smallest absolute Gasteiger partial charge is 0.157 e. The fourth-order valence-electron chi connectivity index (χ4n) is 2.50. The highest BCUT2D eigenvalue weighted by Crippen LogP contribution is 2.22.